The summed E-state index contributed by atoms with van der Waals surface area (Å²) < 4.78 is 0. The summed E-state index contributed by atoms with van der Waals surface area (Å²) in [6, 6.07) is 0. The van der Waals surface area contributed by atoms with Crippen LogP contribution in [0.1, 0.15) is 19.3 Å². The third-order valence-corrected chi connectivity index (χ3v) is 3.17. The van der Waals surface area contributed by atoms with E-state index in [0.717, 1.165) is 6.54 Å². The average Bonchev–Trinajstić information content (AvgIpc) is 2.40. The maximum Gasteiger partial charge on any atom is 0.110 e. The lowest BCUT2D eigenvalue weighted by atomic mass is 10.0. The number of likely N-dealkylation sites (tertiary alicyclic amines) is 1. The van der Waals surface area contributed by atoms with Gasteiger partial charge in [0.1, 0.15) is 11.4 Å². The number of hydrazone groups is 2. The smallest absolute Gasteiger partial charge is 0.110 e. The van der Waals surface area contributed by atoms with Gasteiger partial charge in [0.25, 0.3) is 0 Å². The maximum absolute atomic E-state index is 5.32. The molecule has 0 saturated carbocycles. The lowest BCUT2D eigenvalue weighted by Crippen LogP contribution is -2.32. The van der Waals surface area contributed by atoms with Crippen LogP contribution in [0.5, 0.6) is 0 Å². The molecule has 5 nitrogen and oxygen atoms in total. The van der Waals surface area contributed by atoms with Gasteiger partial charge in [0.05, 0.1) is 0 Å². The number of nitrogens with two attached hydrogens (primary N) is 2. The number of piperidine rings is 1. The molecule has 0 amide bonds. The first-order valence-electron chi connectivity index (χ1n) is 6.00. The van der Waals surface area contributed by atoms with Crippen LogP contribution in [0.4, 0.5) is 0 Å². The van der Waals surface area contributed by atoms with Crippen molar-refractivity contribution in [3.8, 4) is 0 Å². The summed E-state index contributed by atoms with van der Waals surface area (Å²) in [5.41, 5.74) is 2.50. The van der Waals surface area contributed by atoms with Gasteiger partial charge in [-0.2, -0.15) is 10.2 Å². The summed E-state index contributed by atoms with van der Waals surface area (Å²) in [6.45, 7) is 3.31. The van der Waals surface area contributed by atoms with Gasteiger partial charge in [-0.05, 0) is 43.7 Å². The molecule has 1 aliphatic heterocycles. The lowest BCUT2D eigenvalue weighted by molar-refractivity contribution is 0.248. The Morgan fingerprint density at radius 1 is 1.00 bits per heavy atom. The number of hydrogen-bond acceptors (Lipinski definition) is 5. The van der Waals surface area contributed by atoms with Crippen molar-refractivity contribution in [3.05, 3.63) is 23.8 Å². The predicted octanol–water partition coefficient (Wildman–Crippen LogP) is 0.598. The zero-order chi connectivity index (χ0) is 12.1. The Hall–Kier alpha value is -1.62. The minimum atomic E-state index is 0.634. The number of allylic oxidation sites excluding steroid dienone is 2. The van der Waals surface area contributed by atoms with E-state index in [4.69, 9.17) is 11.7 Å². The highest BCUT2D eigenvalue weighted by Crippen LogP contribution is 2.13. The predicted molar refractivity (Wildman–Crippen MR) is 70.8 cm³/mol. The second kappa shape index (κ2) is 5.63. The van der Waals surface area contributed by atoms with Crippen LogP contribution >= 0.6 is 0 Å². The Kier molecular flexibility index (Phi) is 3.93. The standard InChI is InChI=1S/C12H19N5/c13-15-11-5-4-10(8-12(11)16-14)9-17-6-2-1-3-7-17/h4-5,8H,1-3,6-7,9,13-14H2. The molecule has 0 aromatic rings. The second-order valence-corrected chi connectivity index (χ2v) is 4.42. The van der Waals surface area contributed by atoms with Crippen molar-refractivity contribution in [3.63, 3.8) is 0 Å². The van der Waals surface area contributed by atoms with Crippen LogP contribution in [0, 0.1) is 0 Å². The summed E-state index contributed by atoms with van der Waals surface area (Å²) in [4.78, 5) is 2.46. The Balaban J connectivity index is 2.02. The van der Waals surface area contributed by atoms with Gasteiger partial charge in [-0.1, -0.05) is 12.5 Å². The topological polar surface area (TPSA) is 80.0 Å². The van der Waals surface area contributed by atoms with Crippen LogP contribution in [-0.4, -0.2) is 36.0 Å². The molecule has 0 unspecified atom stereocenters. The van der Waals surface area contributed by atoms with E-state index in [1.165, 1.54) is 37.9 Å². The zero-order valence-corrected chi connectivity index (χ0v) is 9.97. The molecule has 0 aromatic carbocycles. The Bertz CT molecular complexity index is 386. The molecule has 0 atom stereocenters. The highest BCUT2D eigenvalue weighted by atomic mass is 15.2. The first kappa shape index (κ1) is 11.9. The van der Waals surface area contributed by atoms with E-state index in [0.29, 0.717) is 11.4 Å². The van der Waals surface area contributed by atoms with Crippen LogP contribution < -0.4 is 11.7 Å². The van der Waals surface area contributed by atoms with Gasteiger partial charge in [-0.25, -0.2) is 0 Å². The number of nitrogens with zero attached hydrogens (tertiary/aromatic N) is 3. The largest absolute Gasteiger partial charge is 0.323 e. The van der Waals surface area contributed by atoms with E-state index in [1.807, 2.05) is 18.2 Å². The van der Waals surface area contributed by atoms with Crippen LogP contribution in [0.25, 0.3) is 0 Å². The summed E-state index contributed by atoms with van der Waals surface area (Å²) >= 11 is 0. The van der Waals surface area contributed by atoms with Gasteiger partial charge in [0.15, 0.2) is 0 Å². The van der Waals surface area contributed by atoms with E-state index in [2.05, 4.69) is 15.1 Å². The molecule has 2 aliphatic rings. The molecule has 4 N–H and O–H groups in total. The third-order valence-electron chi connectivity index (χ3n) is 3.17. The van der Waals surface area contributed by atoms with Crippen molar-refractivity contribution in [2.75, 3.05) is 19.6 Å². The summed E-state index contributed by atoms with van der Waals surface area (Å²) in [5, 5.41) is 7.34. The quantitative estimate of drug-likeness (QED) is 0.416. The van der Waals surface area contributed by atoms with Crippen molar-refractivity contribution in [2.24, 2.45) is 21.9 Å². The van der Waals surface area contributed by atoms with Crippen molar-refractivity contribution >= 4 is 11.4 Å². The minimum Gasteiger partial charge on any atom is -0.323 e. The normalized spacial score (nSPS) is 26.5. The van der Waals surface area contributed by atoms with Crippen LogP contribution in [-0.2, 0) is 0 Å². The highest BCUT2D eigenvalue weighted by Gasteiger charge is 2.14. The monoisotopic (exact) mass is 233 g/mol. The average molecular weight is 233 g/mol. The Morgan fingerprint density at radius 2 is 1.71 bits per heavy atom. The van der Waals surface area contributed by atoms with E-state index in [-0.39, 0.29) is 0 Å². The summed E-state index contributed by atoms with van der Waals surface area (Å²) in [5.74, 6) is 10.6. The van der Waals surface area contributed by atoms with Crippen LogP contribution in [0.15, 0.2) is 34.0 Å². The molecule has 0 radical (unpaired) electrons. The van der Waals surface area contributed by atoms with E-state index in [9.17, 15) is 0 Å². The third kappa shape index (κ3) is 2.94. The molecule has 1 heterocycles. The zero-order valence-electron chi connectivity index (χ0n) is 9.97. The minimum absolute atomic E-state index is 0.634. The molecule has 0 aromatic heterocycles. The first-order valence-corrected chi connectivity index (χ1v) is 6.00. The van der Waals surface area contributed by atoms with Crippen molar-refractivity contribution in [2.45, 2.75) is 19.3 Å². The van der Waals surface area contributed by atoms with Gasteiger partial charge in [-0.3, -0.25) is 4.90 Å². The second-order valence-electron chi connectivity index (χ2n) is 4.42. The Labute approximate surface area is 102 Å². The fourth-order valence-electron chi connectivity index (χ4n) is 2.26. The van der Waals surface area contributed by atoms with Crippen LogP contribution in [0.2, 0.25) is 0 Å². The lowest BCUT2D eigenvalue weighted by Gasteiger charge is -2.27. The van der Waals surface area contributed by atoms with Crippen LogP contribution in [0.3, 0.4) is 0 Å². The number of hydrogen-bond donors (Lipinski definition) is 2. The molecule has 1 aliphatic carbocycles. The fraction of sp³-hybridized carbons (Fsp3) is 0.500. The molecule has 1 fully saturated rings. The van der Waals surface area contributed by atoms with Gasteiger partial charge in [0.2, 0.25) is 0 Å². The van der Waals surface area contributed by atoms with Gasteiger partial charge in [-0.15, -0.1) is 0 Å². The van der Waals surface area contributed by atoms with E-state index >= 15 is 0 Å². The van der Waals surface area contributed by atoms with E-state index < -0.39 is 0 Å². The maximum atomic E-state index is 5.32. The van der Waals surface area contributed by atoms with Gasteiger partial charge in [0, 0.05) is 6.54 Å². The molecule has 0 spiro atoms. The number of rotatable bonds is 2. The molecule has 0 bridgehead atoms. The van der Waals surface area contributed by atoms with E-state index in [1.54, 1.807) is 0 Å². The molecule has 5 heteroatoms. The van der Waals surface area contributed by atoms with Crippen molar-refractivity contribution in [1.82, 2.24) is 4.90 Å². The Morgan fingerprint density at radius 3 is 2.35 bits per heavy atom. The highest BCUT2D eigenvalue weighted by molar-refractivity contribution is 6.51. The van der Waals surface area contributed by atoms with Crippen molar-refractivity contribution < 1.29 is 0 Å². The molecular formula is C12H19N5. The SMILES string of the molecule is NN=C1C=CC(CN2CCCCC2)=CC1=NN. The molecule has 2 rings (SSSR count). The van der Waals surface area contributed by atoms with Crippen molar-refractivity contribution in [1.29, 1.82) is 0 Å². The molecule has 1 saturated heterocycles. The summed E-state index contributed by atoms with van der Waals surface area (Å²) in [6.07, 6.45) is 9.81. The fourth-order valence-corrected chi connectivity index (χ4v) is 2.26. The molecule has 92 valence electrons. The van der Waals surface area contributed by atoms with Gasteiger partial charge < -0.3 is 11.7 Å². The summed E-state index contributed by atoms with van der Waals surface area (Å²) in [7, 11) is 0. The van der Waals surface area contributed by atoms with Gasteiger partial charge >= 0.3 is 0 Å². The molecular weight excluding hydrogens is 214 g/mol. The first-order chi connectivity index (χ1) is 8.33. The molecule has 17 heavy (non-hydrogen) atoms.